The number of aromatic nitrogens is 5. The minimum atomic E-state index is 0.150. The van der Waals surface area contributed by atoms with E-state index < -0.39 is 0 Å². The monoisotopic (exact) mass is 314 g/mol. The zero-order chi connectivity index (χ0) is 15.3. The number of rotatable bonds is 2. The van der Waals surface area contributed by atoms with Crippen LogP contribution >= 0.6 is 11.6 Å². The van der Waals surface area contributed by atoms with Gasteiger partial charge in [-0.3, -0.25) is 4.40 Å². The molecule has 8 nitrogen and oxygen atoms in total. The smallest absolute Gasteiger partial charge is 0.290 e. The van der Waals surface area contributed by atoms with E-state index in [1.807, 2.05) is 7.05 Å². The summed E-state index contributed by atoms with van der Waals surface area (Å²) in [5, 5.41) is 11.6. The molecule has 1 aliphatic heterocycles. The Kier molecular flexibility index (Phi) is 2.85. The van der Waals surface area contributed by atoms with Crippen molar-refractivity contribution in [2.24, 2.45) is 0 Å². The fourth-order valence-corrected chi connectivity index (χ4v) is 2.75. The predicted octanol–water partition coefficient (Wildman–Crippen LogP) is 1.28. The number of nitrogens with zero attached hydrogens (tertiary/aromatic N) is 7. The number of pyridine rings is 1. The summed E-state index contributed by atoms with van der Waals surface area (Å²) < 4.78 is 1.80. The van der Waals surface area contributed by atoms with E-state index in [0.29, 0.717) is 27.9 Å². The molecule has 1 aliphatic rings. The van der Waals surface area contributed by atoms with Gasteiger partial charge < -0.3 is 15.1 Å². The summed E-state index contributed by atoms with van der Waals surface area (Å²) in [4.78, 5) is 14.3. The van der Waals surface area contributed by atoms with E-state index in [-0.39, 0.29) is 5.82 Å². The van der Waals surface area contributed by atoms with Crippen LogP contribution in [0.1, 0.15) is 0 Å². The Hall–Kier alpha value is -2.50. The van der Waals surface area contributed by atoms with Gasteiger partial charge in [-0.2, -0.15) is 4.98 Å². The van der Waals surface area contributed by atoms with E-state index in [9.17, 15) is 0 Å². The van der Waals surface area contributed by atoms with E-state index in [1.54, 1.807) is 16.8 Å². The largest absolute Gasteiger partial charge is 0.359 e. The zero-order valence-corrected chi connectivity index (χ0v) is 12.4. The summed E-state index contributed by atoms with van der Waals surface area (Å²) in [5.41, 5.74) is 1.81. The molecular weight excluding hydrogens is 304 g/mol. The molecule has 0 radical (unpaired) electrons. The summed E-state index contributed by atoms with van der Waals surface area (Å²) in [6.07, 6.45) is 1.60. The molecule has 1 saturated heterocycles. The van der Waals surface area contributed by atoms with Gasteiger partial charge in [-0.15, -0.1) is 10.2 Å². The number of hydrogen-bond acceptors (Lipinski definition) is 6. The lowest BCUT2D eigenvalue weighted by Gasteiger charge is -2.39. The van der Waals surface area contributed by atoms with Crippen LogP contribution in [0.5, 0.6) is 0 Å². The minimum Gasteiger partial charge on any atom is -0.359 e. The van der Waals surface area contributed by atoms with E-state index in [1.165, 1.54) is 0 Å². The van der Waals surface area contributed by atoms with Gasteiger partial charge in [0.1, 0.15) is 11.8 Å². The van der Waals surface area contributed by atoms with Crippen molar-refractivity contribution in [3.63, 3.8) is 0 Å². The molecule has 1 fully saturated rings. The number of hydrogen-bond donors (Lipinski definition) is 1. The minimum absolute atomic E-state index is 0.150. The van der Waals surface area contributed by atoms with Crippen molar-refractivity contribution in [2.75, 3.05) is 25.0 Å². The van der Waals surface area contributed by atoms with E-state index in [2.05, 4.69) is 35.2 Å². The molecule has 0 amide bonds. The van der Waals surface area contributed by atoms with Gasteiger partial charge in [0.15, 0.2) is 5.82 Å². The van der Waals surface area contributed by atoms with Gasteiger partial charge in [0.05, 0.1) is 5.02 Å². The van der Waals surface area contributed by atoms with Gasteiger partial charge in [0.2, 0.25) is 5.65 Å². The van der Waals surface area contributed by atoms with Crippen LogP contribution in [0, 0.1) is 6.57 Å². The maximum absolute atomic E-state index is 7.13. The van der Waals surface area contributed by atoms with E-state index in [4.69, 9.17) is 18.2 Å². The molecule has 0 aromatic carbocycles. The first-order valence-corrected chi connectivity index (χ1v) is 7.08. The van der Waals surface area contributed by atoms with Crippen molar-refractivity contribution in [1.82, 2.24) is 29.9 Å². The third-order valence-electron chi connectivity index (χ3n) is 3.83. The van der Waals surface area contributed by atoms with Crippen molar-refractivity contribution in [1.29, 1.82) is 0 Å². The number of nitrogens with one attached hydrogen (secondary N) is 1. The molecule has 4 rings (SSSR count). The van der Waals surface area contributed by atoms with Crippen molar-refractivity contribution in [3.8, 4) is 0 Å². The Balaban J connectivity index is 1.95. The Morgan fingerprint density at radius 2 is 2.23 bits per heavy atom. The van der Waals surface area contributed by atoms with Crippen molar-refractivity contribution < 1.29 is 0 Å². The fourth-order valence-electron chi connectivity index (χ4n) is 2.56. The average molecular weight is 315 g/mol. The number of halogens is 1. The van der Waals surface area contributed by atoms with Crippen LogP contribution in [0.25, 0.3) is 21.7 Å². The SMILES string of the molecule is [C-]#[N+]c1nc2nc(N3CC(NC)C3)c3nncn3c2cc1Cl. The molecule has 22 heavy (non-hydrogen) atoms. The van der Waals surface area contributed by atoms with E-state index >= 15 is 0 Å². The highest BCUT2D eigenvalue weighted by Gasteiger charge is 2.29. The highest BCUT2D eigenvalue weighted by Crippen LogP contribution is 2.30. The summed E-state index contributed by atoms with van der Waals surface area (Å²) in [6, 6.07) is 2.12. The number of anilines is 1. The molecule has 0 unspecified atom stereocenters. The molecular formula is C13H11ClN8. The second-order valence-electron chi connectivity index (χ2n) is 5.10. The summed E-state index contributed by atoms with van der Waals surface area (Å²) >= 11 is 6.07. The molecule has 0 spiro atoms. The van der Waals surface area contributed by atoms with Gasteiger partial charge in [-0.1, -0.05) is 23.2 Å². The maximum Gasteiger partial charge on any atom is 0.290 e. The average Bonchev–Trinajstić information content (AvgIpc) is 2.96. The molecule has 4 heterocycles. The third-order valence-corrected chi connectivity index (χ3v) is 4.11. The second kappa shape index (κ2) is 4.76. The Bertz CT molecular complexity index is 921. The lowest BCUT2D eigenvalue weighted by Crippen LogP contribution is -2.57. The van der Waals surface area contributed by atoms with Gasteiger partial charge >= 0.3 is 0 Å². The second-order valence-corrected chi connectivity index (χ2v) is 5.51. The van der Waals surface area contributed by atoms with Gasteiger partial charge in [0.25, 0.3) is 11.5 Å². The maximum atomic E-state index is 7.13. The number of fused-ring (bicyclic) bond motifs is 3. The lowest BCUT2D eigenvalue weighted by molar-refractivity contribution is 0.448. The fraction of sp³-hybridized carbons (Fsp3) is 0.308. The van der Waals surface area contributed by atoms with Crippen molar-refractivity contribution in [3.05, 3.63) is 28.8 Å². The standard InChI is InChI=1S/C13H11ClN8/c1-15-7-4-21(5-7)12-13-20-17-6-22(13)9-3-8(14)10(16-2)18-11(9)19-12/h3,6-7,15H,4-5H2,1H3. The van der Waals surface area contributed by atoms with E-state index in [0.717, 1.165) is 18.9 Å². The van der Waals surface area contributed by atoms with Crippen LogP contribution in [-0.4, -0.2) is 50.7 Å². The van der Waals surface area contributed by atoms with Crippen LogP contribution in [0.15, 0.2) is 12.4 Å². The summed E-state index contributed by atoms with van der Waals surface area (Å²) in [6.45, 7) is 8.83. The first-order chi connectivity index (χ1) is 10.7. The quantitative estimate of drug-likeness (QED) is 0.718. The normalized spacial score (nSPS) is 15.2. The van der Waals surface area contributed by atoms with Crippen molar-refractivity contribution >= 4 is 40.0 Å². The Morgan fingerprint density at radius 1 is 1.41 bits per heavy atom. The Morgan fingerprint density at radius 3 is 2.95 bits per heavy atom. The summed E-state index contributed by atoms with van der Waals surface area (Å²) in [5.74, 6) is 0.874. The van der Waals surface area contributed by atoms with Crippen LogP contribution in [0.4, 0.5) is 11.6 Å². The first-order valence-electron chi connectivity index (χ1n) is 6.71. The number of likely N-dealkylation sites (N-methyl/N-ethyl adjacent to an activating group) is 1. The van der Waals surface area contributed by atoms with Gasteiger partial charge in [-0.25, -0.2) is 0 Å². The van der Waals surface area contributed by atoms with Gasteiger partial charge in [-0.05, 0) is 13.1 Å². The highest BCUT2D eigenvalue weighted by molar-refractivity contribution is 6.33. The summed E-state index contributed by atoms with van der Waals surface area (Å²) in [7, 11) is 1.94. The van der Waals surface area contributed by atoms with Gasteiger partial charge in [0, 0.05) is 19.1 Å². The molecule has 3 aromatic heterocycles. The molecule has 0 bridgehead atoms. The van der Waals surface area contributed by atoms with Crippen LogP contribution in [-0.2, 0) is 0 Å². The molecule has 1 N–H and O–H groups in total. The molecule has 0 aliphatic carbocycles. The molecule has 3 aromatic rings. The highest BCUT2D eigenvalue weighted by atomic mass is 35.5. The lowest BCUT2D eigenvalue weighted by atomic mass is 10.1. The third kappa shape index (κ3) is 1.80. The first kappa shape index (κ1) is 13.2. The van der Waals surface area contributed by atoms with Crippen molar-refractivity contribution in [2.45, 2.75) is 6.04 Å². The molecule has 110 valence electrons. The zero-order valence-electron chi connectivity index (χ0n) is 11.7. The molecule has 0 saturated carbocycles. The molecule has 9 heteroatoms. The molecule has 0 atom stereocenters. The van der Waals surface area contributed by atoms with Crippen LogP contribution in [0.2, 0.25) is 5.02 Å². The topological polar surface area (TPSA) is 75.6 Å². The van der Waals surface area contributed by atoms with Crippen LogP contribution < -0.4 is 10.2 Å². The predicted molar refractivity (Wildman–Crippen MR) is 82.4 cm³/mol. The van der Waals surface area contributed by atoms with Crippen LogP contribution in [0.3, 0.4) is 0 Å². The Labute approximate surface area is 130 Å².